The van der Waals surface area contributed by atoms with Crippen LogP contribution in [0, 0.1) is 0 Å². The standard InChI is InChI=1S/C30H50N2O14/c33-16-20-22(35)24(37)26(39)28(45-20)42-14-12-32(13-15-43-29-27(40)25(38)23(36)21(17-34)46-29)11-7-2-1-6-10-31-30(41)44-18-19-8-4-3-5-9-19/h3-5,8-9,20-29,33-40H,1-2,6-7,10-18H2,(H,31,41)/t20-,21-,22-,23-,24+,25+,26+,27+,28+,29+/m1/s1. The molecule has 2 fully saturated rings. The molecule has 9 N–H and O–H groups in total. The molecule has 264 valence electrons. The van der Waals surface area contributed by atoms with Crippen LogP contribution in [0.1, 0.15) is 31.2 Å². The summed E-state index contributed by atoms with van der Waals surface area (Å²) < 4.78 is 27.2. The average molecular weight is 663 g/mol. The van der Waals surface area contributed by atoms with E-state index in [-0.39, 0.29) is 19.8 Å². The zero-order valence-electron chi connectivity index (χ0n) is 25.8. The van der Waals surface area contributed by atoms with Gasteiger partial charge in [0, 0.05) is 19.6 Å². The summed E-state index contributed by atoms with van der Waals surface area (Å²) in [6.45, 7) is 0.898. The van der Waals surface area contributed by atoms with Crippen molar-refractivity contribution in [3.8, 4) is 0 Å². The Kier molecular flexibility index (Phi) is 17.0. The predicted molar refractivity (Wildman–Crippen MR) is 159 cm³/mol. The van der Waals surface area contributed by atoms with E-state index in [9.17, 15) is 45.6 Å². The van der Waals surface area contributed by atoms with Crippen LogP contribution in [0.25, 0.3) is 0 Å². The fraction of sp³-hybridized carbons (Fsp3) is 0.767. The van der Waals surface area contributed by atoms with Crippen LogP contribution < -0.4 is 5.32 Å². The van der Waals surface area contributed by atoms with E-state index in [1.165, 1.54) is 0 Å². The summed E-state index contributed by atoms with van der Waals surface area (Å²) in [5.74, 6) is 0. The van der Waals surface area contributed by atoms with Crippen molar-refractivity contribution in [2.24, 2.45) is 0 Å². The molecule has 2 aliphatic heterocycles. The fourth-order valence-electron chi connectivity index (χ4n) is 5.12. The summed E-state index contributed by atoms with van der Waals surface area (Å²) in [6, 6.07) is 9.38. The number of aliphatic hydroxyl groups is 8. The minimum Gasteiger partial charge on any atom is -0.445 e. The van der Waals surface area contributed by atoms with Crippen LogP contribution >= 0.6 is 0 Å². The third kappa shape index (κ3) is 11.9. The summed E-state index contributed by atoms with van der Waals surface area (Å²) in [5.41, 5.74) is 0.902. The normalized spacial score (nSPS) is 31.6. The Morgan fingerprint density at radius 2 is 1.22 bits per heavy atom. The summed E-state index contributed by atoms with van der Waals surface area (Å²) >= 11 is 0. The molecule has 1 aromatic rings. The lowest BCUT2D eigenvalue weighted by Gasteiger charge is -2.40. The highest BCUT2D eigenvalue weighted by Gasteiger charge is 2.45. The zero-order chi connectivity index (χ0) is 33.5. The van der Waals surface area contributed by atoms with Crippen molar-refractivity contribution in [2.45, 2.75) is 93.7 Å². The first-order valence-corrected chi connectivity index (χ1v) is 15.7. The van der Waals surface area contributed by atoms with Crippen molar-refractivity contribution in [1.82, 2.24) is 10.2 Å². The van der Waals surface area contributed by atoms with Gasteiger partial charge in [-0.05, 0) is 24.9 Å². The van der Waals surface area contributed by atoms with Crippen LogP contribution in [-0.4, -0.2) is 166 Å². The topological polar surface area (TPSA) is 240 Å². The lowest BCUT2D eigenvalue weighted by Crippen LogP contribution is -2.59. The SMILES string of the molecule is O=C(NCCCCCCN(CCO[C@H]1O[C@H](CO)[C@@H](O)[C@H](O)[C@@H]1O)CCO[C@H]1O[C@H](CO)[C@@H](O)[C@H](O)[C@@H]1O)OCc1ccccc1. The highest BCUT2D eigenvalue weighted by Crippen LogP contribution is 2.23. The van der Waals surface area contributed by atoms with Gasteiger partial charge in [-0.2, -0.15) is 0 Å². The quantitative estimate of drug-likeness (QED) is 0.0691. The fourth-order valence-corrected chi connectivity index (χ4v) is 5.12. The highest BCUT2D eigenvalue weighted by atomic mass is 16.7. The number of hydrogen-bond donors (Lipinski definition) is 9. The number of ether oxygens (including phenoxy) is 5. The Hall–Kier alpha value is -2.03. The van der Waals surface area contributed by atoms with Crippen LogP contribution in [-0.2, 0) is 30.3 Å². The molecular weight excluding hydrogens is 612 g/mol. The van der Waals surface area contributed by atoms with Gasteiger partial charge in [0.1, 0.15) is 55.4 Å². The van der Waals surface area contributed by atoms with E-state index in [0.29, 0.717) is 26.2 Å². The molecule has 3 rings (SSSR count). The Labute approximate surface area is 268 Å². The first kappa shape index (κ1) is 38.4. The molecule has 1 amide bonds. The number of nitrogens with zero attached hydrogens (tertiary/aromatic N) is 1. The van der Waals surface area contributed by atoms with Gasteiger partial charge in [0.2, 0.25) is 0 Å². The number of carbonyl (C=O) groups excluding carboxylic acids is 1. The van der Waals surface area contributed by atoms with Gasteiger partial charge in [-0.3, -0.25) is 4.90 Å². The number of nitrogens with one attached hydrogen (secondary N) is 1. The maximum atomic E-state index is 11.9. The third-order valence-corrected chi connectivity index (χ3v) is 7.96. The van der Waals surface area contributed by atoms with Crippen molar-refractivity contribution in [1.29, 1.82) is 0 Å². The average Bonchev–Trinajstić information content (AvgIpc) is 3.06. The van der Waals surface area contributed by atoms with Crippen molar-refractivity contribution in [2.75, 3.05) is 52.6 Å². The lowest BCUT2D eigenvalue weighted by molar-refractivity contribution is -0.303. The van der Waals surface area contributed by atoms with Gasteiger partial charge in [0.05, 0.1) is 26.4 Å². The number of hydrogen-bond acceptors (Lipinski definition) is 15. The molecule has 16 nitrogen and oxygen atoms in total. The van der Waals surface area contributed by atoms with Crippen molar-refractivity contribution >= 4 is 6.09 Å². The third-order valence-electron chi connectivity index (χ3n) is 7.96. The number of unbranched alkanes of at least 4 members (excludes halogenated alkanes) is 3. The van der Waals surface area contributed by atoms with Gasteiger partial charge in [-0.1, -0.05) is 43.2 Å². The minimum absolute atomic E-state index is 0.0533. The minimum atomic E-state index is -1.56. The van der Waals surface area contributed by atoms with Crippen molar-refractivity contribution in [3.05, 3.63) is 35.9 Å². The molecule has 0 bridgehead atoms. The second kappa shape index (κ2) is 20.4. The number of amides is 1. The van der Waals surface area contributed by atoms with Gasteiger partial charge >= 0.3 is 6.09 Å². The summed E-state index contributed by atoms with van der Waals surface area (Å²) in [4.78, 5) is 13.9. The van der Waals surface area contributed by atoms with Crippen LogP contribution in [0.15, 0.2) is 30.3 Å². The zero-order valence-corrected chi connectivity index (χ0v) is 25.8. The Bertz CT molecular complexity index is 934. The molecule has 0 aromatic heterocycles. The van der Waals surface area contributed by atoms with E-state index in [1.807, 2.05) is 35.2 Å². The van der Waals surface area contributed by atoms with Crippen LogP contribution in [0.2, 0.25) is 0 Å². The molecular formula is C30H50N2O14. The van der Waals surface area contributed by atoms with Crippen molar-refractivity contribution < 1.29 is 69.3 Å². The van der Waals surface area contributed by atoms with E-state index in [1.54, 1.807) is 0 Å². The molecule has 46 heavy (non-hydrogen) atoms. The molecule has 10 atom stereocenters. The van der Waals surface area contributed by atoms with Gasteiger partial charge in [-0.25, -0.2) is 4.79 Å². The van der Waals surface area contributed by atoms with Gasteiger partial charge in [0.15, 0.2) is 12.6 Å². The molecule has 2 saturated heterocycles. The first-order valence-electron chi connectivity index (χ1n) is 15.7. The number of alkyl carbamates (subject to hydrolysis) is 1. The summed E-state index contributed by atoms with van der Waals surface area (Å²) in [6.07, 6.45) is -11.1. The van der Waals surface area contributed by atoms with E-state index >= 15 is 0 Å². The molecule has 0 unspecified atom stereocenters. The van der Waals surface area contributed by atoms with E-state index < -0.39 is 80.7 Å². The number of aliphatic hydroxyl groups excluding tert-OH is 8. The molecule has 0 spiro atoms. The molecule has 1 aromatic carbocycles. The van der Waals surface area contributed by atoms with Gasteiger partial charge in [0.25, 0.3) is 0 Å². The van der Waals surface area contributed by atoms with Crippen LogP contribution in [0.5, 0.6) is 0 Å². The second-order valence-electron chi connectivity index (χ2n) is 11.4. The molecule has 0 radical (unpaired) electrons. The number of carbonyl (C=O) groups is 1. The predicted octanol–water partition coefficient (Wildman–Crippen LogP) is -2.59. The highest BCUT2D eigenvalue weighted by molar-refractivity contribution is 5.67. The number of rotatable bonds is 19. The summed E-state index contributed by atoms with van der Waals surface area (Å²) in [5, 5.41) is 82.0. The maximum absolute atomic E-state index is 11.9. The van der Waals surface area contributed by atoms with Crippen molar-refractivity contribution in [3.63, 3.8) is 0 Å². The monoisotopic (exact) mass is 662 g/mol. The molecule has 0 saturated carbocycles. The molecule has 2 heterocycles. The lowest BCUT2D eigenvalue weighted by atomic mass is 9.99. The first-order chi connectivity index (χ1) is 22.2. The Morgan fingerprint density at radius 1 is 0.696 bits per heavy atom. The van der Waals surface area contributed by atoms with E-state index in [4.69, 9.17) is 23.7 Å². The maximum Gasteiger partial charge on any atom is 0.407 e. The smallest absolute Gasteiger partial charge is 0.407 e. The van der Waals surface area contributed by atoms with E-state index in [2.05, 4.69) is 5.32 Å². The second-order valence-corrected chi connectivity index (χ2v) is 11.4. The Morgan fingerprint density at radius 3 is 1.74 bits per heavy atom. The van der Waals surface area contributed by atoms with Gasteiger partial charge in [-0.15, -0.1) is 0 Å². The largest absolute Gasteiger partial charge is 0.445 e. The number of benzene rings is 1. The molecule has 2 aliphatic rings. The Balaban J connectivity index is 1.41. The van der Waals surface area contributed by atoms with E-state index in [0.717, 1.165) is 31.2 Å². The van der Waals surface area contributed by atoms with Gasteiger partial charge < -0.3 is 69.9 Å². The van der Waals surface area contributed by atoms with Crippen LogP contribution in [0.3, 0.4) is 0 Å². The van der Waals surface area contributed by atoms with Crippen LogP contribution in [0.4, 0.5) is 4.79 Å². The molecule has 0 aliphatic carbocycles. The summed E-state index contributed by atoms with van der Waals surface area (Å²) in [7, 11) is 0. The molecule has 16 heteroatoms.